The molecule has 0 aliphatic heterocycles. The number of carbonyl (C=O) groups is 1. The average Bonchev–Trinajstić information content (AvgIpc) is 2.33. The number of carbonyl (C=O) groups excluding carboxylic acids is 1. The van der Waals surface area contributed by atoms with Crippen LogP contribution in [0.15, 0.2) is 24.3 Å². The normalized spacial score (nSPS) is 14.9. The van der Waals surface area contributed by atoms with Crippen molar-refractivity contribution in [3.8, 4) is 0 Å². The molecule has 0 spiro atoms. The number of hydrogen-bond acceptors (Lipinski definition) is 2. The third-order valence-electron chi connectivity index (χ3n) is 3.35. The van der Waals surface area contributed by atoms with Crippen molar-refractivity contribution in [2.45, 2.75) is 38.3 Å². The highest BCUT2D eigenvalue weighted by atomic mass is 16.2. The van der Waals surface area contributed by atoms with E-state index in [0.29, 0.717) is 19.1 Å². The van der Waals surface area contributed by atoms with Crippen LogP contribution < -0.4 is 16.4 Å². The van der Waals surface area contributed by atoms with Crippen LogP contribution in [0.1, 0.15) is 30.4 Å². The van der Waals surface area contributed by atoms with Crippen LogP contribution in [0.3, 0.4) is 0 Å². The van der Waals surface area contributed by atoms with Crippen LogP contribution in [0.25, 0.3) is 0 Å². The second-order valence-electron chi connectivity index (χ2n) is 4.81. The standard InChI is InChI=1S/C14H21N3O/c15-9-8-11-4-6-12(7-5-11)10-16-14(18)17-13-2-1-3-13/h4-7,13H,1-3,8-10,15H2,(H2,16,17,18). The minimum absolute atomic E-state index is 0.0641. The maximum Gasteiger partial charge on any atom is 0.315 e. The van der Waals surface area contributed by atoms with Crippen molar-refractivity contribution in [1.29, 1.82) is 0 Å². The molecule has 4 heteroatoms. The summed E-state index contributed by atoms with van der Waals surface area (Å²) in [6.45, 7) is 1.24. The molecule has 0 bridgehead atoms. The fraction of sp³-hybridized carbons (Fsp3) is 0.500. The molecule has 1 aliphatic carbocycles. The summed E-state index contributed by atoms with van der Waals surface area (Å²) in [4.78, 5) is 11.6. The molecule has 0 saturated heterocycles. The molecule has 2 amide bonds. The number of rotatable bonds is 5. The van der Waals surface area contributed by atoms with Crippen LogP contribution in [-0.4, -0.2) is 18.6 Å². The lowest BCUT2D eigenvalue weighted by Gasteiger charge is -2.26. The van der Waals surface area contributed by atoms with E-state index in [2.05, 4.69) is 22.8 Å². The molecule has 0 atom stereocenters. The van der Waals surface area contributed by atoms with Gasteiger partial charge in [0.25, 0.3) is 0 Å². The largest absolute Gasteiger partial charge is 0.335 e. The number of nitrogens with one attached hydrogen (secondary N) is 2. The van der Waals surface area contributed by atoms with Crippen LogP contribution >= 0.6 is 0 Å². The fourth-order valence-corrected chi connectivity index (χ4v) is 1.96. The van der Waals surface area contributed by atoms with E-state index >= 15 is 0 Å². The van der Waals surface area contributed by atoms with Crippen molar-refractivity contribution in [3.05, 3.63) is 35.4 Å². The van der Waals surface area contributed by atoms with Gasteiger partial charge < -0.3 is 16.4 Å². The summed E-state index contributed by atoms with van der Waals surface area (Å²) in [6.07, 6.45) is 4.35. The lowest BCUT2D eigenvalue weighted by molar-refractivity contribution is 0.228. The lowest BCUT2D eigenvalue weighted by atomic mass is 9.93. The van der Waals surface area contributed by atoms with Crippen LogP contribution in [0.5, 0.6) is 0 Å². The maximum absolute atomic E-state index is 11.6. The summed E-state index contributed by atoms with van der Waals surface area (Å²) in [5.74, 6) is 0. The third-order valence-corrected chi connectivity index (χ3v) is 3.35. The van der Waals surface area contributed by atoms with Crippen LogP contribution in [0.2, 0.25) is 0 Å². The smallest absolute Gasteiger partial charge is 0.315 e. The molecule has 98 valence electrons. The lowest BCUT2D eigenvalue weighted by Crippen LogP contribution is -2.44. The molecule has 18 heavy (non-hydrogen) atoms. The number of amides is 2. The zero-order chi connectivity index (χ0) is 12.8. The van der Waals surface area contributed by atoms with E-state index in [-0.39, 0.29) is 6.03 Å². The Kier molecular flexibility index (Phi) is 4.59. The van der Waals surface area contributed by atoms with E-state index in [0.717, 1.165) is 24.8 Å². The fourth-order valence-electron chi connectivity index (χ4n) is 1.96. The van der Waals surface area contributed by atoms with Gasteiger partial charge in [0.2, 0.25) is 0 Å². The Morgan fingerprint density at radius 2 is 1.89 bits per heavy atom. The zero-order valence-corrected chi connectivity index (χ0v) is 10.6. The van der Waals surface area contributed by atoms with Gasteiger partial charge in [0.15, 0.2) is 0 Å². The molecular weight excluding hydrogens is 226 g/mol. The molecule has 0 aromatic heterocycles. The van der Waals surface area contributed by atoms with Crippen molar-refractivity contribution in [3.63, 3.8) is 0 Å². The topological polar surface area (TPSA) is 67.1 Å². The molecule has 0 heterocycles. The van der Waals surface area contributed by atoms with E-state index in [4.69, 9.17) is 5.73 Å². The highest BCUT2D eigenvalue weighted by Crippen LogP contribution is 2.17. The van der Waals surface area contributed by atoms with Gasteiger partial charge in [-0.1, -0.05) is 24.3 Å². The average molecular weight is 247 g/mol. The van der Waals surface area contributed by atoms with Gasteiger partial charge in [-0.2, -0.15) is 0 Å². The van der Waals surface area contributed by atoms with Gasteiger partial charge >= 0.3 is 6.03 Å². The number of nitrogens with two attached hydrogens (primary N) is 1. The van der Waals surface area contributed by atoms with Gasteiger partial charge in [0.05, 0.1) is 0 Å². The van der Waals surface area contributed by atoms with Gasteiger partial charge in [-0.05, 0) is 43.4 Å². The summed E-state index contributed by atoms with van der Waals surface area (Å²) in [7, 11) is 0. The van der Waals surface area contributed by atoms with Gasteiger partial charge in [0, 0.05) is 12.6 Å². The zero-order valence-electron chi connectivity index (χ0n) is 10.6. The number of benzene rings is 1. The third kappa shape index (κ3) is 3.74. The van der Waals surface area contributed by atoms with Gasteiger partial charge in [-0.15, -0.1) is 0 Å². The molecule has 4 nitrogen and oxygen atoms in total. The molecule has 1 aromatic carbocycles. The SMILES string of the molecule is NCCc1ccc(CNC(=O)NC2CCC2)cc1. The van der Waals surface area contributed by atoms with Crippen molar-refractivity contribution in [2.75, 3.05) is 6.54 Å². The molecule has 1 saturated carbocycles. The van der Waals surface area contributed by atoms with Gasteiger partial charge in [-0.3, -0.25) is 0 Å². The van der Waals surface area contributed by atoms with Crippen molar-refractivity contribution >= 4 is 6.03 Å². The van der Waals surface area contributed by atoms with Crippen LogP contribution in [-0.2, 0) is 13.0 Å². The van der Waals surface area contributed by atoms with Crippen molar-refractivity contribution in [2.24, 2.45) is 5.73 Å². The highest BCUT2D eigenvalue weighted by Gasteiger charge is 2.18. The Bertz CT molecular complexity index is 385. The minimum Gasteiger partial charge on any atom is -0.335 e. The molecule has 1 aromatic rings. The summed E-state index contributed by atoms with van der Waals surface area (Å²) in [5, 5.41) is 5.83. The summed E-state index contributed by atoms with van der Waals surface area (Å²) in [5.41, 5.74) is 7.84. The first-order chi connectivity index (χ1) is 8.78. The summed E-state index contributed by atoms with van der Waals surface area (Å²) >= 11 is 0. The van der Waals surface area contributed by atoms with E-state index in [1.54, 1.807) is 0 Å². The van der Waals surface area contributed by atoms with E-state index < -0.39 is 0 Å². The maximum atomic E-state index is 11.6. The monoisotopic (exact) mass is 247 g/mol. The number of urea groups is 1. The quantitative estimate of drug-likeness (QED) is 0.739. The Morgan fingerprint density at radius 3 is 2.44 bits per heavy atom. The first kappa shape index (κ1) is 12.9. The molecule has 4 N–H and O–H groups in total. The molecule has 0 radical (unpaired) electrons. The first-order valence-electron chi connectivity index (χ1n) is 6.60. The second kappa shape index (κ2) is 6.40. The van der Waals surface area contributed by atoms with Gasteiger partial charge in [-0.25, -0.2) is 4.79 Å². The summed E-state index contributed by atoms with van der Waals surface area (Å²) < 4.78 is 0. The molecule has 1 fully saturated rings. The van der Waals surface area contributed by atoms with E-state index in [9.17, 15) is 4.79 Å². The Morgan fingerprint density at radius 1 is 1.22 bits per heavy atom. The minimum atomic E-state index is -0.0641. The summed E-state index contributed by atoms with van der Waals surface area (Å²) in [6, 6.07) is 8.52. The van der Waals surface area contributed by atoms with Crippen molar-refractivity contribution in [1.82, 2.24) is 10.6 Å². The Hall–Kier alpha value is -1.55. The highest BCUT2D eigenvalue weighted by molar-refractivity contribution is 5.74. The first-order valence-corrected chi connectivity index (χ1v) is 6.60. The molecule has 2 rings (SSSR count). The molecule has 1 aliphatic rings. The predicted molar refractivity (Wildman–Crippen MR) is 72.2 cm³/mol. The number of hydrogen-bond donors (Lipinski definition) is 3. The second-order valence-corrected chi connectivity index (χ2v) is 4.81. The molecular formula is C14H21N3O. The Labute approximate surface area is 108 Å². The van der Waals surface area contributed by atoms with E-state index in [1.807, 2.05) is 12.1 Å². The molecule has 0 unspecified atom stereocenters. The predicted octanol–water partition coefficient (Wildman–Crippen LogP) is 1.54. The Balaban J connectivity index is 1.73. The van der Waals surface area contributed by atoms with Crippen molar-refractivity contribution < 1.29 is 4.79 Å². The van der Waals surface area contributed by atoms with Crippen LogP contribution in [0, 0.1) is 0 Å². The van der Waals surface area contributed by atoms with E-state index in [1.165, 1.54) is 12.0 Å². The van der Waals surface area contributed by atoms with Gasteiger partial charge in [0.1, 0.15) is 0 Å². The van der Waals surface area contributed by atoms with Crippen LogP contribution in [0.4, 0.5) is 4.79 Å².